The van der Waals surface area contributed by atoms with Gasteiger partial charge >= 0.3 is 0 Å². The maximum absolute atomic E-state index is 11.4. The van der Waals surface area contributed by atoms with Crippen molar-refractivity contribution < 1.29 is 4.79 Å². The van der Waals surface area contributed by atoms with E-state index in [-0.39, 0.29) is 11.5 Å². The Morgan fingerprint density at radius 2 is 2.06 bits per heavy atom. The standard InChI is InChI=1S/C13H14N2O/c1-3-15-13(16)12(9-14)8-11-6-4-10(2)5-7-11/h4-8H,3H2,1-2H3,(H,15,16)/b12-8+. The number of hydrogen-bond donors (Lipinski definition) is 1. The third-order valence-electron chi connectivity index (χ3n) is 2.09. The van der Waals surface area contributed by atoms with Crippen molar-refractivity contribution in [3.05, 3.63) is 41.0 Å². The lowest BCUT2D eigenvalue weighted by atomic mass is 10.1. The number of amides is 1. The molecule has 0 aliphatic rings. The van der Waals surface area contributed by atoms with Crippen LogP contribution in [-0.4, -0.2) is 12.5 Å². The summed E-state index contributed by atoms with van der Waals surface area (Å²) in [4.78, 5) is 11.4. The van der Waals surface area contributed by atoms with Crippen LogP contribution in [0.25, 0.3) is 6.08 Å². The van der Waals surface area contributed by atoms with Crippen molar-refractivity contribution >= 4 is 12.0 Å². The van der Waals surface area contributed by atoms with Crippen LogP contribution in [0.3, 0.4) is 0 Å². The molecule has 0 fully saturated rings. The normalized spacial score (nSPS) is 10.7. The number of likely N-dealkylation sites (N-methyl/N-ethyl adjacent to an activating group) is 1. The fraction of sp³-hybridized carbons (Fsp3) is 0.231. The Morgan fingerprint density at radius 1 is 1.44 bits per heavy atom. The number of benzene rings is 1. The number of rotatable bonds is 3. The predicted molar refractivity (Wildman–Crippen MR) is 63.5 cm³/mol. The first-order chi connectivity index (χ1) is 7.67. The van der Waals surface area contributed by atoms with E-state index in [9.17, 15) is 4.79 Å². The summed E-state index contributed by atoms with van der Waals surface area (Å²) < 4.78 is 0. The monoisotopic (exact) mass is 214 g/mol. The van der Waals surface area contributed by atoms with Crippen LogP contribution in [0.1, 0.15) is 18.1 Å². The van der Waals surface area contributed by atoms with Gasteiger partial charge in [0.15, 0.2) is 0 Å². The van der Waals surface area contributed by atoms with Gasteiger partial charge in [0.25, 0.3) is 5.91 Å². The first-order valence-electron chi connectivity index (χ1n) is 5.14. The SMILES string of the molecule is CCNC(=O)/C(C#N)=C/c1ccc(C)cc1. The quantitative estimate of drug-likeness (QED) is 0.618. The van der Waals surface area contributed by atoms with E-state index in [2.05, 4.69) is 5.32 Å². The lowest BCUT2D eigenvalue weighted by Crippen LogP contribution is -2.23. The highest BCUT2D eigenvalue weighted by Crippen LogP contribution is 2.08. The van der Waals surface area contributed by atoms with Crippen LogP contribution in [0.4, 0.5) is 0 Å². The van der Waals surface area contributed by atoms with Crippen LogP contribution < -0.4 is 5.32 Å². The molecule has 0 aliphatic heterocycles. The molecule has 0 saturated carbocycles. The second kappa shape index (κ2) is 5.72. The third-order valence-corrected chi connectivity index (χ3v) is 2.09. The van der Waals surface area contributed by atoms with E-state index in [0.717, 1.165) is 11.1 Å². The zero-order chi connectivity index (χ0) is 12.0. The van der Waals surface area contributed by atoms with E-state index in [0.29, 0.717) is 6.54 Å². The number of aryl methyl sites for hydroxylation is 1. The maximum atomic E-state index is 11.4. The number of nitrogens with one attached hydrogen (secondary N) is 1. The highest BCUT2D eigenvalue weighted by molar-refractivity contribution is 6.01. The van der Waals surface area contributed by atoms with Crippen molar-refractivity contribution in [3.8, 4) is 6.07 Å². The van der Waals surface area contributed by atoms with E-state index >= 15 is 0 Å². The first-order valence-corrected chi connectivity index (χ1v) is 5.14. The molecule has 0 saturated heterocycles. The van der Waals surface area contributed by atoms with Crippen LogP contribution in [0.15, 0.2) is 29.8 Å². The smallest absolute Gasteiger partial charge is 0.261 e. The van der Waals surface area contributed by atoms with E-state index in [4.69, 9.17) is 5.26 Å². The molecule has 0 bridgehead atoms. The molecule has 0 heterocycles. The van der Waals surface area contributed by atoms with Gasteiger partial charge in [-0.15, -0.1) is 0 Å². The molecule has 3 heteroatoms. The number of hydrogen-bond acceptors (Lipinski definition) is 2. The van der Waals surface area contributed by atoms with Gasteiger partial charge in [0.1, 0.15) is 11.6 Å². The summed E-state index contributed by atoms with van der Waals surface area (Å²) in [6, 6.07) is 9.55. The van der Waals surface area contributed by atoms with Gasteiger partial charge in [-0.1, -0.05) is 29.8 Å². The van der Waals surface area contributed by atoms with Gasteiger partial charge < -0.3 is 5.32 Å². The van der Waals surface area contributed by atoms with Crippen molar-refractivity contribution in [1.29, 1.82) is 5.26 Å². The van der Waals surface area contributed by atoms with Crippen molar-refractivity contribution in [3.63, 3.8) is 0 Å². The molecular formula is C13H14N2O. The van der Waals surface area contributed by atoms with Gasteiger partial charge in [-0.25, -0.2) is 0 Å². The van der Waals surface area contributed by atoms with Crippen molar-refractivity contribution in [2.24, 2.45) is 0 Å². The Hall–Kier alpha value is -2.08. The van der Waals surface area contributed by atoms with E-state index in [1.807, 2.05) is 44.2 Å². The van der Waals surface area contributed by atoms with E-state index in [1.165, 1.54) is 0 Å². The van der Waals surface area contributed by atoms with Crippen LogP contribution in [0.5, 0.6) is 0 Å². The molecule has 1 amide bonds. The number of nitriles is 1. The topological polar surface area (TPSA) is 52.9 Å². The van der Waals surface area contributed by atoms with Crippen molar-refractivity contribution in [1.82, 2.24) is 5.32 Å². The maximum Gasteiger partial charge on any atom is 0.261 e. The number of carbonyl (C=O) groups is 1. The molecule has 82 valence electrons. The second-order valence-corrected chi connectivity index (χ2v) is 3.44. The van der Waals surface area contributed by atoms with Gasteiger partial charge in [0, 0.05) is 6.54 Å². The van der Waals surface area contributed by atoms with Gasteiger partial charge in [0.2, 0.25) is 0 Å². The third kappa shape index (κ3) is 3.25. The molecule has 0 atom stereocenters. The van der Waals surface area contributed by atoms with Crippen molar-refractivity contribution in [2.45, 2.75) is 13.8 Å². The summed E-state index contributed by atoms with van der Waals surface area (Å²) in [5, 5.41) is 11.5. The minimum atomic E-state index is -0.328. The Morgan fingerprint density at radius 3 is 2.56 bits per heavy atom. The number of nitrogens with zero attached hydrogens (tertiary/aromatic N) is 1. The summed E-state index contributed by atoms with van der Waals surface area (Å²) in [5.74, 6) is -0.328. The molecule has 0 aliphatic carbocycles. The lowest BCUT2D eigenvalue weighted by Gasteiger charge is -2.00. The number of carbonyl (C=O) groups excluding carboxylic acids is 1. The Labute approximate surface area is 95.4 Å². The highest BCUT2D eigenvalue weighted by Gasteiger charge is 2.06. The highest BCUT2D eigenvalue weighted by atomic mass is 16.1. The van der Waals surface area contributed by atoms with E-state index < -0.39 is 0 Å². The van der Waals surface area contributed by atoms with E-state index in [1.54, 1.807) is 6.08 Å². The average Bonchev–Trinajstić information content (AvgIpc) is 2.28. The first kappa shape index (κ1) is 12.0. The molecular weight excluding hydrogens is 200 g/mol. The minimum Gasteiger partial charge on any atom is -0.352 e. The van der Waals surface area contributed by atoms with Crippen molar-refractivity contribution in [2.75, 3.05) is 6.54 Å². The summed E-state index contributed by atoms with van der Waals surface area (Å²) in [7, 11) is 0. The largest absolute Gasteiger partial charge is 0.352 e. The summed E-state index contributed by atoms with van der Waals surface area (Å²) >= 11 is 0. The summed E-state index contributed by atoms with van der Waals surface area (Å²) in [6.07, 6.45) is 1.59. The molecule has 1 rings (SSSR count). The summed E-state index contributed by atoms with van der Waals surface area (Å²) in [6.45, 7) is 4.33. The zero-order valence-corrected chi connectivity index (χ0v) is 9.45. The second-order valence-electron chi connectivity index (χ2n) is 3.44. The molecule has 1 N–H and O–H groups in total. The van der Waals surface area contributed by atoms with Crippen LogP contribution in [0, 0.1) is 18.3 Å². The molecule has 1 aromatic carbocycles. The lowest BCUT2D eigenvalue weighted by molar-refractivity contribution is -0.116. The van der Waals surface area contributed by atoms with Gasteiger partial charge in [-0.05, 0) is 25.5 Å². The van der Waals surface area contributed by atoms with Gasteiger partial charge in [0.05, 0.1) is 0 Å². The molecule has 0 aromatic heterocycles. The van der Waals surface area contributed by atoms with Crippen LogP contribution in [0.2, 0.25) is 0 Å². The Bertz CT molecular complexity index is 438. The fourth-order valence-electron chi connectivity index (χ4n) is 1.23. The average molecular weight is 214 g/mol. The van der Waals surface area contributed by atoms with Gasteiger partial charge in [-0.3, -0.25) is 4.79 Å². The molecule has 0 unspecified atom stereocenters. The molecule has 3 nitrogen and oxygen atoms in total. The Balaban J connectivity index is 2.92. The van der Waals surface area contributed by atoms with Crippen LogP contribution in [-0.2, 0) is 4.79 Å². The molecule has 16 heavy (non-hydrogen) atoms. The zero-order valence-electron chi connectivity index (χ0n) is 9.45. The summed E-state index contributed by atoms with van der Waals surface area (Å²) in [5.41, 5.74) is 2.13. The molecule has 0 spiro atoms. The molecule has 1 aromatic rings. The molecule has 0 radical (unpaired) electrons. The fourth-order valence-corrected chi connectivity index (χ4v) is 1.23. The minimum absolute atomic E-state index is 0.130. The Kier molecular flexibility index (Phi) is 4.28. The predicted octanol–water partition coefficient (Wildman–Crippen LogP) is 2.04. The van der Waals surface area contributed by atoms with Gasteiger partial charge in [-0.2, -0.15) is 5.26 Å². The van der Waals surface area contributed by atoms with Crippen LogP contribution >= 0.6 is 0 Å².